The SMILES string of the molecule is CC1(C)OB(c2cn[nH]c2)OC1(C)C.CC1(C)OB(c2cnn(S(C)(=O)=O)c2)OC1(C)C.COc1cc(OC)c(F)c(C(O)C2=CCc3ncc(-c4cnn(S(C)(=O)=O)c4)cc32)c1F.COc1cc(OC)c(F)c(C(O)C2=CCc3ncc(Br)cc32)c1F.COc1cc(OC)c(F)c(CC2=CCc3ncc(-c4cnn(S(C)(=O)=O)c4)cc32)c1F.CS(=O)(=O)Cl. The number of aliphatic hydroxyl groups excluding tert-OH is 2. The number of methoxy groups -OCH3 is 6. The zero-order chi connectivity index (χ0) is 91.6. The molecule has 5 aliphatic rings. The molecule has 664 valence electrons. The van der Waals surface area contributed by atoms with Gasteiger partial charge >= 0.3 is 14.2 Å². The number of aliphatic hydroxyl groups is 2. The first-order valence-corrected chi connectivity index (χ1v) is 46.1. The van der Waals surface area contributed by atoms with Gasteiger partial charge in [0.2, 0.25) is 9.05 Å². The van der Waals surface area contributed by atoms with Gasteiger partial charge in [0, 0.05) is 158 Å². The van der Waals surface area contributed by atoms with Crippen LogP contribution in [0.15, 0.2) is 127 Å². The molecule has 10 aromatic rings. The fraction of sp³-hybridized carbons (Fsp3) is 0.354. The van der Waals surface area contributed by atoms with Gasteiger partial charge in [-0.15, -0.1) is 0 Å². The first-order valence-electron chi connectivity index (χ1n) is 37.0. The lowest BCUT2D eigenvalue weighted by Gasteiger charge is -2.32. The van der Waals surface area contributed by atoms with Crippen molar-refractivity contribution in [1.82, 2.24) is 52.7 Å². The van der Waals surface area contributed by atoms with E-state index in [1.54, 1.807) is 55.3 Å². The second kappa shape index (κ2) is 37.7. The zero-order valence-electron chi connectivity index (χ0n) is 70.1. The first-order chi connectivity index (χ1) is 57.8. The summed E-state index contributed by atoms with van der Waals surface area (Å²) in [6.45, 7) is 15.9. The summed E-state index contributed by atoms with van der Waals surface area (Å²) in [6, 6.07) is 8.59. The van der Waals surface area contributed by atoms with Crippen LogP contribution in [-0.4, -0.2) is 201 Å². The zero-order valence-corrected chi connectivity index (χ0v) is 75.7. The maximum Gasteiger partial charge on any atom is 0.498 e. The summed E-state index contributed by atoms with van der Waals surface area (Å²) in [4.78, 5) is 13.0. The number of allylic oxidation sites excluding steroid dienone is 4. The van der Waals surface area contributed by atoms with Crippen molar-refractivity contribution in [3.05, 3.63) is 213 Å². The molecule has 7 aromatic heterocycles. The smallest absolute Gasteiger partial charge is 0.494 e. The quantitative estimate of drug-likeness (QED) is 0.0384. The number of H-pyrrole nitrogens is 1. The number of aromatic nitrogens is 11. The molecule has 124 heavy (non-hydrogen) atoms. The van der Waals surface area contributed by atoms with Crippen LogP contribution in [0.4, 0.5) is 26.3 Å². The Hall–Kier alpha value is -9.99. The van der Waals surface area contributed by atoms with Gasteiger partial charge in [-0.2, -0.15) is 32.7 Å². The Morgan fingerprint density at radius 1 is 0.460 bits per heavy atom. The number of pyridine rings is 3. The van der Waals surface area contributed by atoms with Gasteiger partial charge in [-0.3, -0.25) is 20.1 Å². The average molecular weight is 1890 g/mol. The van der Waals surface area contributed by atoms with Gasteiger partial charge in [-0.1, -0.05) is 18.2 Å². The highest BCUT2D eigenvalue weighted by Gasteiger charge is 2.53. The molecule has 2 saturated heterocycles. The standard InChI is InChI=1S/C21H19F2N3O5S.C21H19F2N3O4S.C17H14BrF2NO3.C10H17BN2O4S.C9H15BN2O2.CH3ClO2S/c1-30-16-7-17(31-2)20(23)18(19(16)22)21(27)13-4-5-15-14(13)6-11(8-24-15)12-9-25-26(10-12)32(3,28)29;1-29-18-8-19(30-2)21(23)16(20(18)22)6-12-4-5-17-15(12)7-13(9-24-17)14-10-25-26(11-14)31(3,27)28;1-23-12-6-13(24-2)16(20)14(15(12)19)17(22)9-3-4-11-10(9)5-8(18)7-21-11;1-9(2)10(3,4)17-11(16-9)8-6-12-13(7-8)18(5,14)15;1-8(2)9(3,4)14-10(13-8)7-5-11-12-6-7;1-5(2,3)4/h4,6-10,21,27H,5H2,1-3H3;4,7-11H,5-6H2,1-3H3;3,5-7,17,22H,4H2,1-2H3;6-7H,1-5H3;5-6H,1-4H3,(H,11,12);1H3. The third-order valence-corrected chi connectivity index (χ3v) is 23.8. The van der Waals surface area contributed by atoms with Gasteiger partial charge in [0.15, 0.2) is 69.4 Å². The molecule has 0 spiro atoms. The van der Waals surface area contributed by atoms with E-state index in [2.05, 4.69) is 67.1 Å². The van der Waals surface area contributed by atoms with Crippen molar-refractivity contribution in [1.29, 1.82) is 0 Å². The van der Waals surface area contributed by atoms with Crippen LogP contribution in [0.25, 0.3) is 39.0 Å². The average Bonchev–Trinajstić information content (AvgIpc) is 1.39. The number of hydrogen-bond donors (Lipinski definition) is 3. The van der Waals surface area contributed by atoms with Crippen molar-refractivity contribution >= 4 is 108 Å². The predicted molar refractivity (Wildman–Crippen MR) is 454 cm³/mol. The number of aromatic amines is 1. The van der Waals surface area contributed by atoms with Gasteiger partial charge < -0.3 is 57.3 Å². The summed E-state index contributed by atoms with van der Waals surface area (Å²) >= 11 is 3.31. The van der Waals surface area contributed by atoms with E-state index in [0.717, 1.165) is 71.8 Å². The summed E-state index contributed by atoms with van der Waals surface area (Å²) in [5, 5.41) is 39.7. The minimum atomic E-state index is -3.56. The first kappa shape index (κ1) is 96.2. The van der Waals surface area contributed by atoms with Gasteiger partial charge in [-0.05, 0) is 106 Å². The third kappa shape index (κ3) is 21.4. The minimum absolute atomic E-state index is 0.0219. The summed E-state index contributed by atoms with van der Waals surface area (Å²) in [6.07, 6.45) is 24.2. The summed E-state index contributed by atoms with van der Waals surface area (Å²) in [5.74, 6) is -6.70. The summed E-state index contributed by atoms with van der Waals surface area (Å²) in [5.41, 5.74) is 6.35. The Bertz CT molecular complexity index is 6160. The topological polar surface area (TPSA) is 390 Å². The maximum atomic E-state index is 14.9. The molecule has 2 atom stereocenters. The van der Waals surface area contributed by atoms with Crippen molar-refractivity contribution in [3.63, 3.8) is 0 Å². The molecule has 3 aromatic carbocycles. The molecule has 3 aliphatic carbocycles. The molecule has 0 radical (unpaired) electrons. The van der Waals surface area contributed by atoms with E-state index in [-0.39, 0.29) is 70.4 Å². The van der Waals surface area contributed by atoms with Gasteiger partial charge in [0.05, 0.1) is 143 Å². The second-order valence-corrected chi connectivity index (χ2v) is 39.8. The van der Waals surface area contributed by atoms with Crippen LogP contribution in [0, 0.1) is 34.9 Å². The molecular formula is C79H87B2BrClF6N11O20S4. The summed E-state index contributed by atoms with van der Waals surface area (Å²) in [7, 11) is -2.46. The molecule has 2 fully saturated rings. The fourth-order valence-corrected chi connectivity index (χ4v) is 14.7. The lowest BCUT2D eigenvalue weighted by atomic mass is 9.82. The molecule has 45 heteroatoms. The van der Waals surface area contributed by atoms with E-state index in [9.17, 15) is 70.2 Å². The fourth-order valence-electron chi connectivity index (χ4n) is 12.8. The molecule has 3 N–H and O–H groups in total. The number of hydrogen-bond acceptors (Lipinski definition) is 27. The highest BCUT2D eigenvalue weighted by Crippen LogP contribution is 2.47. The number of nitrogens with one attached hydrogen (secondary N) is 1. The maximum absolute atomic E-state index is 14.9. The lowest BCUT2D eigenvalue weighted by Crippen LogP contribution is -2.41. The molecular weight excluding hydrogens is 1800 g/mol. The molecule has 2 unspecified atom stereocenters. The second-order valence-electron chi connectivity index (χ2n) is 30.3. The number of nitrogens with zero attached hydrogens (tertiary/aromatic N) is 10. The Morgan fingerprint density at radius 3 is 1.15 bits per heavy atom. The van der Waals surface area contributed by atoms with Crippen LogP contribution in [0.3, 0.4) is 0 Å². The minimum Gasteiger partial charge on any atom is -0.494 e. The molecule has 0 bridgehead atoms. The molecule has 2 aliphatic heterocycles. The molecule has 0 amide bonds. The van der Waals surface area contributed by atoms with Crippen molar-refractivity contribution in [3.8, 4) is 56.8 Å². The van der Waals surface area contributed by atoms with E-state index < -0.39 is 116 Å². The van der Waals surface area contributed by atoms with Gasteiger partial charge in [-0.25, -0.2) is 60.0 Å². The molecule has 31 nitrogen and oxygen atoms in total. The third-order valence-electron chi connectivity index (χ3n) is 20.8. The summed E-state index contributed by atoms with van der Waals surface area (Å²) < 4.78 is 233. The number of benzene rings is 3. The number of ether oxygens (including phenoxy) is 6. The normalized spacial score (nSPS) is 16.1. The molecule has 9 heterocycles. The monoisotopic (exact) mass is 1890 g/mol. The van der Waals surface area contributed by atoms with E-state index in [0.29, 0.717) is 79.4 Å². The largest absolute Gasteiger partial charge is 0.498 e. The number of fused-ring (bicyclic) bond motifs is 3. The van der Waals surface area contributed by atoms with Crippen LogP contribution in [0.1, 0.15) is 118 Å². The highest BCUT2D eigenvalue weighted by atomic mass is 79.9. The van der Waals surface area contributed by atoms with E-state index in [4.69, 9.17) is 47.0 Å². The molecule has 15 rings (SSSR count). The van der Waals surface area contributed by atoms with E-state index >= 15 is 0 Å². The number of halogens is 8. The van der Waals surface area contributed by atoms with Crippen LogP contribution >= 0.6 is 26.6 Å². The van der Waals surface area contributed by atoms with Crippen molar-refractivity contribution in [2.45, 2.75) is 116 Å². The van der Waals surface area contributed by atoms with Crippen molar-refractivity contribution in [2.75, 3.05) is 67.7 Å². The Morgan fingerprint density at radius 2 is 0.790 bits per heavy atom. The van der Waals surface area contributed by atoms with Gasteiger partial charge in [0.1, 0.15) is 12.2 Å². The molecule has 0 saturated carbocycles. The van der Waals surface area contributed by atoms with Gasteiger partial charge in [0.25, 0.3) is 30.1 Å². The Kier molecular flexibility index (Phi) is 29.2. The van der Waals surface area contributed by atoms with Crippen LogP contribution in [0.5, 0.6) is 34.5 Å². The Balaban J connectivity index is 0.000000164. The predicted octanol–water partition coefficient (Wildman–Crippen LogP) is 10.6. The van der Waals surface area contributed by atoms with Crippen molar-refractivity contribution < 1.29 is 117 Å². The lowest BCUT2D eigenvalue weighted by molar-refractivity contribution is 0.00578. The van der Waals surface area contributed by atoms with Crippen LogP contribution in [-0.2, 0) is 83.4 Å². The van der Waals surface area contributed by atoms with Crippen molar-refractivity contribution in [2.24, 2.45) is 0 Å². The highest BCUT2D eigenvalue weighted by molar-refractivity contribution is 9.10. The van der Waals surface area contributed by atoms with Crippen LogP contribution < -0.4 is 39.3 Å². The number of rotatable bonds is 19. The Labute approximate surface area is 725 Å². The van der Waals surface area contributed by atoms with E-state index in [1.807, 2.05) is 67.5 Å². The van der Waals surface area contributed by atoms with Crippen LogP contribution in [0.2, 0.25) is 0 Å². The van der Waals surface area contributed by atoms with E-state index in [1.165, 1.54) is 85.9 Å².